The van der Waals surface area contributed by atoms with E-state index in [0.717, 1.165) is 14.6 Å². The van der Waals surface area contributed by atoms with Crippen LogP contribution in [0, 0.1) is 0 Å². The zero-order valence-corrected chi connectivity index (χ0v) is 15.8. The van der Waals surface area contributed by atoms with Crippen LogP contribution in [0.5, 0.6) is 0 Å². The predicted octanol–water partition coefficient (Wildman–Crippen LogP) is 4.82. The van der Waals surface area contributed by atoms with Crippen molar-refractivity contribution in [1.82, 2.24) is 15.2 Å². The standard InChI is InChI=1S/C17H18BrN3S2/c18-14-9-8-13(23-14)16-15(12-7-3-4-10-19-12)20-17(22)21(16)11-5-1-2-6-11/h3-4,7-11,15-16H,1-2,5-6H2,(H,20,22)/t15-,16-/m1/s1. The highest BCUT2D eigenvalue weighted by molar-refractivity contribution is 9.11. The highest BCUT2D eigenvalue weighted by Gasteiger charge is 2.44. The fraction of sp³-hybridized carbons (Fsp3) is 0.412. The van der Waals surface area contributed by atoms with Crippen molar-refractivity contribution in [2.45, 2.75) is 43.8 Å². The summed E-state index contributed by atoms with van der Waals surface area (Å²) in [6.45, 7) is 0. The number of hydrogen-bond donors (Lipinski definition) is 1. The molecule has 1 saturated carbocycles. The van der Waals surface area contributed by atoms with Crippen LogP contribution in [-0.2, 0) is 0 Å². The Bertz CT molecular complexity index is 697. The molecule has 2 fully saturated rings. The molecule has 120 valence electrons. The van der Waals surface area contributed by atoms with Gasteiger partial charge in [0.15, 0.2) is 5.11 Å². The van der Waals surface area contributed by atoms with E-state index in [0.29, 0.717) is 6.04 Å². The lowest BCUT2D eigenvalue weighted by Gasteiger charge is -2.32. The molecule has 1 N–H and O–H groups in total. The Morgan fingerprint density at radius 3 is 2.70 bits per heavy atom. The Hall–Kier alpha value is -0.980. The summed E-state index contributed by atoms with van der Waals surface area (Å²) in [6.07, 6.45) is 6.94. The van der Waals surface area contributed by atoms with Crippen molar-refractivity contribution in [1.29, 1.82) is 0 Å². The Kier molecular flexibility index (Phi) is 4.39. The summed E-state index contributed by atoms with van der Waals surface area (Å²) in [6, 6.07) is 11.3. The van der Waals surface area contributed by atoms with Crippen LogP contribution in [0.2, 0.25) is 0 Å². The molecular formula is C17H18BrN3S2. The molecule has 2 atom stereocenters. The van der Waals surface area contributed by atoms with Gasteiger partial charge in [-0.1, -0.05) is 18.9 Å². The first-order valence-electron chi connectivity index (χ1n) is 7.99. The van der Waals surface area contributed by atoms with Crippen molar-refractivity contribution in [3.05, 3.63) is 50.9 Å². The molecule has 0 radical (unpaired) electrons. The van der Waals surface area contributed by atoms with E-state index in [1.807, 2.05) is 18.3 Å². The fourth-order valence-electron chi connectivity index (χ4n) is 3.73. The molecule has 2 aromatic rings. The summed E-state index contributed by atoms with van der Waals surface area (Å²) in [5.74, 6) is 0. The van der Waals surface area contributed by atoms with E-state index in [2.05, 4.69) is 49.3 Å². The second kappa shape index (κ2) is 6.49. The molecule has 4 rings (SSSR count). The van der Waals surface area contributed by atoms with Gasteiger partial charge in [-0.15, -0.1) is 11.3 Å². The smallest absolute Gasteiger partial charge is 0.170 e. The van der Waals surface area contributed by atoms with Gasteiger partial charge in [0, 0.05) is 17.1 Å². The Labute approximate surface area is 154 Å². The quantitative estimate of drug-likeness (QED) is 0.737. The summed E-state index contributed by atoms with van der Waals surface area (Å²) < 4.78 is 1.16. The van der Waals surface area contributed by atoms with Crippen LogP contribution in [0.25, 0.3) is 0 Å². The number of hydrogen-bond acceptors (Lipinski definition) is 3. The van der Waals surface area contributed by atoms with Crippen molar-refractivity contribution in [2.75, 3.05) is 0 Å². The molecule has 6 heteroatoms. The molecule has 2 aromatic heterocycles. The van der Waals surface area contributed by atoms with Crippen molar-refractivity contribution < 1.29 is 0 Å². The largest absolute Gasteiger partial charge is 0.352 e. The SMILES string of the molecule is S=C1N[C@H](c2ccccn2)[C@@H](c2ccc(Br)s2)N1C1CCCC1. The molecule has 1 aliphatic heterocycles. The van der Waals surface area contributed by atoms with Crippen LogP contribution >= 0.6 is 39.5 Å². The first-order chi connectivity index (χ1) is 11.2. The van der Waals surface area contributed by atoms with Crippen molar-refractivity contribution in [3.8, 4) is 0 Å². The average Bonchev–Trinajstić information content (AvgIpc) is 3.27. The van der Waals surface area contributed by atoms with Gasteiger partial charge in [-0.3, -0.25) is 4.98 Å². The summed E-state index contributed by atoms with van der Waals surface area (Å²) in [5.41, 5.74) is 1.06. The van der Waals surface area contributed by atoms with E-state index in [-0.39, 0.29) is 12.1 Å². The minimum atomic E-state index is 0.120. The molecule has 0 aromatic carbocycles. The number of rotatable bonds is 3. The van der Waals surface area contributed by atoms with Gasteiger partial charge in [-0.25, -0.2) is 0 Å². The van der Waals surface area contributed by atoms with Crippen molar-refractivity contribution >= 4 is 44.6 Å². The molecule has 0 spiro atoms. The van der Waals surface area contributed by atoms with Crippen LogP contribution in [0.1, 0.15) is 48.3 Å². The lowest BCUT2D eigenvalue weighted by Crippen LogP contribution is -2.37. The summed E-state index contributed by atoms with van der Waals surface area (Å²) in [4.78, 5) is 8.37. The van der Waals surface area contributed by atoms with Gasteiger partial charge < -0.3 is 10.2 Å². The van der Waals surface area contributed by atoms with Gasteiger partial charge in [-0.2, -0.15) is 0 Å². The number of aromatic nitrogens is 1. The van der Waals surface area contributed by atoms with Crippen LogP contribution in [0.15, 0.2) is 40.3 Å². The first kappa shape index (κ1) is 15.5. The van der Waals surface area contributed by atoms with Crippen LogP contribution in [0.4, 0.5) is 0 Å². The van der Waals surface area contributed by atoms with E-state index in [1.165, 1.54) is 30.6 Å². The highest BCUT2D eigenvalue weighted by Crippen LogP contribution is 2.45. The van der Waals surface area contributed by atoms with Gasteiger partial charge >= 0.3 is 0 Å². The van der Waals surface area contributed by atoms with E-state index in [1.54, 1.807) is 11.3 Å². The van der Waals surface area contributed by atoms with E-state index < -0.39 is 0 Å². The average molecular weight is 408 g/mol. The summed E-state index contributed by atoms with van der Waals surface area (Å²) >= 11 is 11.1. The number of pyridine rings is 1. The maximum absolute atomic E-state index is 5.72. The third-order valence-electron chi connectivity index (χ3n) is 4.74. The van der Waals surface area contributed by atoms with Gasteiger partial charge in [0.05, 0.1) is 21.6 Å². The minimum absolute atomic E-state index is 0.120. The van der Waals surface area contributed by atoms with Crippen LogP contribution in [0.3, 0.4) is 0 Å². The number of thiocarbonyl (C=S) groups is 1. The predicted molar refractivity (Wildman–Crippen MR) is 102 cm³/mol. The van der Waals surface area contributed by atoms with Crippen LogP contribution in [-0.4, -0.2) is 21.0 Å². The fourth-order valence-corrected chi connectivity index (χ4v) is 5.68. The van der Waals surface area contributed by atoms with Gasteiger partial charge in [-0.05, 0) is 65.3 Å². The molecule has 0 unspecified atom stereocenters. The van der Waals surface area contributed by atoms with Crippen LogP contribution < -0.4 is 5.32 Å². The normalized spacial score (nSPS) is 25.1. The molecule has 0 bridgehead atoms. The first-order valence-corrected chi connectivity index (χ1v) is 10.0. The maximum Gasteiger partial charge on any atom is 0.170 e. The maximum atomic E-state index is 5.72. The molecule has 3 nitrogen and oxygen atoms in total. The van der Waals surface area contributed by atoms with E-state index >= 15 is 0 Å². The lowest BCUT2D eigenvalue weighted by molar-refractivity contribution is 0.249. The Balaban J connectivity index is 1.75. The van der Waals surface area contributed by atoms with Gasteiger partial charge in [0.2, 0.25) is 0 Å². The molecule has 23 heavy (non-hydrogen) atoms. The minimum Gasteiger partial charge on any atom is -0.352 e. The molecule has 3 heterocycles. The summed E-state index contributed by atoms with van der Waals surface area (Å²) in [5, 5.41) is 4.42. The third-order valence-corrected chi connectivity index (χ3v) is 6.76. The van der Waals surface area contributed by atoms with Crippen molar-refractivity contribution in [3.63, 3.8) is 0 Å². The molecule has 1 aliphatic carbocycles. The Morgan fingerprint density at radius 1 is 1.22 bits per heavy atom. The summed E-state index contributed by atoms with van der Waals surface area (Å²) in [7, 11) is 0. The van der Waals surface area contributed by atoms with Gasteiger partial charge in [0.25, 0.3) is 0 Å². The van der Waals surface area contributed by atoms with E-state index in [9.17, 15) is 0 Å². The number of thiophene rings is 1. The molecular weight excluding hydrogens is 390 g/mol. The number of nitrogens with zero attached hydrogens (tertiary/aromatic N) is 2. The monoisotopic (exact) mass is 407 g/mol. The third kappa shape index (κ3) is 2.92. The molecule has 2 aliphatic rings. The van der Waals surface area contributed by atoms with E-state index in [4.69, 9.17) is 12.2 Å². The topological polar surface area (TPSA) is 28.2 Å². The number of halogens is 1. The van der Waals surface area contributed by atoms with Gasteiger partial charge in [0.1, 0.15) is 0 Å². The highest BCUT2D eigenvalue weighted by atomic mass is 79.9. The zero-order valence-electron chi connectivity index (χ0n) is 12.6. The lowest BCUT2D eigenvalue weighted by atomic mass is 10.0. The molecule has 0 amide bonds. The van der Waals surface area contributed by atoms with Crippen molar-refractivity contribution in [2.24, 2.45) is 0 Å². The second-order valence-corrected chi connectivity index (χ2v) is 9.00. The zero-order chi connectivity index (χ0) is 15.8. The number of nitrogens with one attached hydrogen (secondary N) is 1. The Morgan fingerprint density at radius 2 is 2.04 bits per heavy atom. The second-order valence-electron chi connectivity index (χ2n) is 6.11. The molecule has 1 saturated heterocycles.